The van der Waals surface area contributed by atoms with E-state index in [4.69, 9.17) is 26.8 Å². The van der Waals surface area contributed by atoms with Crippen LogP contribution in [0.25, 0.3) is 0 Å². The zero-order valence-corrected chi connectivity index (χ0v) is 10.1. The molecule has 16 heavy (non-hydrogen) atoms. The summed E-state index contributed by atoms with van der Waals surface area (Å²) in [6.07, 6.45) is -0.229. The van der Waals surface area contributed by atoms with Crippen LogP contribution in [0, 0.1) is 0 Å². The maximum Gasteiger partial charge on any atom is 0.179 e. The van der Waals surface area contributed by atoms with Gasteiger partial charge in [-0.25, -0.2) is 0 Å². The van der Waals surface area contributed by atoms with E-state index in [-0.39, 0.29) is 0 Å². The summed E-state index contributed by atoms with van der Waals surface area (Å²) >= 11 is 6.12. The van der Waals surface area contributed by atoms with E-state index >= 15 is 0 Å². The quantitative estimate of drug-likeness (QED) is 0.829. The van der Waals surface area contributed by atoms with Crippen LogP contribution in [0.3, 0.4) is 0 Å². The normalized spacial score (nSPS) is 12.3. The predicted molar refractivity (Wildman–Crippen MR) is 63.2 cm³/mol. The van der Waals surface area contributed by atoms with Gasteiger partial charge in [0.15, 0.2) is 11.5 Å². The Hall–Kier alpha value is -0.970. The molecule has 90 valence electrons. The van der Waals surface area contributed by atoms with Crippen molar-refractivity contribution in [3.63, 3.8) is 0 Å². The fourth-order valence-corrected chi connectivity index (χ4v) is 1.83. The van der Waals surface area contributed by atoms with Crippen molar-refractivity contribution in [2.24, 2.45) is 5.73 Å². The molecule has 0 unspecified atom stereocenters. The molecular formula is C11H16ClNO3. The third-order valence-corrected chi connectivity index (χ3v) is 2.70. The molecule has 1 atom stereocenters. The first-order valence-electron chi connectivity index (χ1n) is 4.94. The molecule has 0 aliphatic rings. The highest BCUT2D eigenvalue weighted by atomic mass is 35.5. The Morgan fingerprint density at radius 3 is 2.56 bits per heavy atom. The zero-order valence-electron chi connectivity index (χ0n) is 9.37. The summed E-state index contributed by atoms with van der Waals surface area (Å²) in [4.78, 5) is 0. The Morgan fingerprint density at radius 1 is 1.38 bits per heavy atom. The number of hydrogen-bond acceptors (Lipinski definition) is 4. The van der Waals surface area contributed by atoms with Crippen LogP contribution in [-0.2, 0) is 0 Å². The molecule has 0 bridgehead atoms. The van der Waals surface area contributed by atoms with Gasteiger partial charge >= 0.3 is 0 Å². The molecular weight excluding hydrogens is 230 g/mol. The Kier molecular flexibility index (Phi) is 4.86. The molecule has 1 rings (SSSR count). The van der Waals surface area contributed by atoms with Crippen LogP contribution in [0.4, 0.5) is 0 Å². The summed E-state index contributed by atoms with van der Waals surface area (Å²) in [6.45, 7) is 0.395. The van der Waals surface area contributed by atoms with Crippen LogP contribution >= 0.6 is 11.6 Å². The molecule has 0 aliphatic heterocycles. The van der Waals surface area contributed by atoms with Crippen molar-refractivity contribution in [3.8, 4) is 11.5 Å². The van der Waals surface area contributed by atoms with Gasteiger partial charge in [-0.1, -0.05) is 17.7 Å². The number of nitrogens with two attached hydrogens (primary N) is 1. The van der Waals surface area contributed by atoms with Crippen molar-refractivity contribution in [1.82, 2.24) is 0 Å². The van der Waals surface area contributed by atoms with E-state index in [1.54, 1.807) is 12.1 Å². The largest absolute Gasteiger partial charge is 0.493 e. The average molecular weight is 246 g/mol. The van der Waals surface area contributed by atoms with E-state index in [2.05, 4.69) is 0 Å². The summed E-state index contributed by atoms with van der Waals surface area (Å²) in [5.74, 6) is 0.967. The summed E-state index contributed by atoms with van der Waals surface area (Å²) in [7, 11) is 3.03. The number of halogens is 1. The van der Waals surface area contributed by atoms with Crippen LogP contribution in [0.15, 0.2) is 12.1 Å². The van der Waals surface area contributed by atoms with Crippen LogP contribution in [0.1, 0.15) is 18.1 Å². The van der Waals surface area contributed by atoms with Crippen molar-refractivity contribution >= 4 is 11.6 Å². The van der Waals surface area contributed by atoms with Crippen molar-refractivity contribution in [1.29, 1.82) is 0 Å². The Balaban J connectivity index is 3.13. The molecule has 0 spiro atoms. The van der Waals surface area contributed by atoms with Crippen LogP contribution in [0.2, 0.25) is 5.02 Å². The third kappa shape index (κ3) is 2.58. The van der Waals surface area contributed by atoms with Gasteiger partial charge in [0.1, 0.15) is 0 Å². The molecule has 0 aliphatic carbocycles. The molecule has 0 saturated heterocycles. The standard InChI is InChI=1S/C11H16ClNO3/c1-15-9-4-3-7(8(14)5-6-13)10(12)11(9)16-2/h3-4,8,14H,5-6,13H2,1-2H3/t8-/m1/s1. The molecule has 0 heterocycles. The van der Waals surface area contributed by atoms with Crippen LogP contribution in [0.5, 0.6) is 11.5 Å². The lowest BCUT2D eigenvalue weighted by Crippen LogP contribution is -2.07. The van der Waals surface area contributed by atoms with E-state index in [9.17, 15) is 5.11 Å². The zero-order chi connectivity index (χ0) is 12.1. The third-order valence-electron chi connectivity index (χ3n) is 2.31. The van der Waals surface area contributed by atoms with Crippen LogP contribution < -0.4 is 15.2 Å². The molecule has 4 nitrogen and oxygen atoms in total. The second-order valence-corrected chi connectivity index (χ2v) is 3.68. The SMILES string of the molecule is COc1ccc([C@H](O)CCN)c(Cl)c1OC. The minimum atomic E-state index is -0.683. The fraction of sp³-hybridized carbons (Fsp3) is 0.455. The minimum absolute atomic E-state index is 0.364. The molecule has 0 saturated carbocycles. The first-order chi connectivity index (χ1) is 7.65. The number of aliphatic hydroxyl groups excluding tert-OH is 1. The van der Waals surface area contributed by atoms with Crippen molar-refractivity contribution in [2.75, 3.05) is 20.8 Å². The lowest BCUT2D eigenvalue weighted by molar-refractivity contribution is 0.170. The first kappa shape index (κ1) is 13.1. The monoisotopic (exact) mass is 245 g/mol. The highest BCUT2D eigenvalue weighted by Gasteiger charge is 2.17. The van der Waals surface area contributed by atoms with Gasteiger partial charge in [-0.3, -0.25) is 0 Å². The number of hydrogen-bond donors (Lipinski definition) is 2. The van der Waals surface area contributed by atoms with Gasteiger partial charge in [0, 0.05) is 5.56 Å². The predicted octanol–water partition coefficient (Wildman–Crippen LogP) is 1.74. The van der Waals surface area contributed by atoms with Gasteiger partial charge in [0.25, 0.3) is 0 Å². The number of aliphatic hydroxyl groups is 1. The Labute approximate surface area is 99.9 Å². The van der Waals surface area contributed by atoms with E-state index in [1.807, 2.05) is 0 Å². The molecule has 0 amide bonds. The lowest BCUT2D eigenvalue weighted by atomic mass is 10.1. The first-order valence-corrected chi connectivity index (χ1v) is 5.32. The van der Waals surface area contributed by atoms with Gasteiger partial charge in [0.05, 0.1) is 25.3 Å². The number of methoxy groups -OCH3 is 2. The highest BCUT2D eigenvalue weighted by molar-refractivity contribution is 6.33. The van der Waals surface area contributed by atoms with E-state index in [1.165, 1.54) is 14.2 Å². The van der Waals surface area contributed by atoms with Crippen molar-refractivity contribution in [2.45, 2.75) is 12.5 Å². The summed E-state index contributed by atoms with van der Waals surface area (Å²) in [5, 5.41) is 10.2. The van der Waals surface area contributed by atoms with E-state index in [0.29, 0.717) is 35.1 Å². The Bertz CT molecular complexity index is 357. The van der Waals surface area contributed by atoms with E-state index < -0.39 is 6.10 Å². The summed E-state index contributed by atoms with van der Waals surface area (Å²) in [6, 6.07) is 3.42. The average Bonchev–Trinajstić information content (AvgIpc) is 2.28. The smallest absolute Gasteiger partial charge is 0.179 e. The van der Waals surface area contributed by atoms with Crippen molar-refractivity contribution in [3.05, 3.63) is 22.7 Å². The van der Waals surface area contributed by atoms with Gasteiger partial charge in [-0.2, -0.15) is 0 Å². The maximum atomic E-state index is 9.82. The molecule has 1 aromatic rings. The van der Waals surface area contributed by atoms with Gasteiger partial charge in [-0.05, 0) is 19.0 Å². The van der Waals surface area contributed by atoms with Crippen molar-refractivity contribution < 1.29 is 14.6 Å². The molecule has 5 heteroatoms. The second kappa shape index (κ2) is 5.94. The molecule has 0 radical (unpaired) electrons. The summed E-state index contributed by atoms with van der Waals surface area (Å²) in [5.41, 5.74) is 5.99. The number of rotatable bonds is 5. The topological polar surface area (TPSA) is 64.7 Å². The van der Waals surface area contributed by atoms with Crippen LogP contribution in [-0.4, -0.2) is 25.9 Å². The minimum Gasteiger partial charge on any atom is -0.493 e. The van der Waals surface area contributed by atoms with Gasteiger partial charge in [0.2, 0.25) is 0 Å². The number of benzene rings is 1. The maximum absolute atomic E-state index is 9.82. The highest BCUT2D eigenvalue weighted by Crippen LogP contribution is 2.39. The molecule has 1 aromatic carbocycles. The second-order valence-electron chi connectivity index (χ2n) is 3.30. The molecule has 0 fully saturated rings. The van der Waals surface area contributed by atoms with Gasteiger partial charge < -0.3 is 20.3 Å². The number of ether oxygens (including phenoxy) is 2. The fourth-order valence-electron chi connectivity index (χ4n) is 1.48. The summed E-state index contributed by atoms with van der Waals surface area (Å²) < 4.78 is 10.2. The molecule has 0 aromatic heterocycles. The van der Waals surface area contributed by atoms with Gasteiger partial charge in [-0.15, -0.1) is 0 Å². The lowest BCUT2D eigenvalue weighted by Gasteiger charge is -2.16. The van der Waals surface area contributed by atoms with E-state index in [0.717, 1.165) is 0 Å². The molecule has 3 N–H and O–H groups in total. The Morgan fingerprint density at radius 2 is 2.06 bits per heavy atom.